The second kappa shape index (κ2) is 6.80. The molecule has 1 rings (SSSR count). The molecule has 0 fully saturated rings. The Hall–Kier alpha value is -0.830. The Balaban J connectivity index is 2.09. The number of amides is 1. The van der Waals surface area contributed by atoms with E-state index >= 15 is 0 Å². The highest BCUT2D eigenvalue weighted by molar-refractivity contribution is 5.77. The minimum Gasteiger partial charge on any atom is -0.366 e. The standard InChI is InChI=1S/C14H25NO2/c1-14(2,3)17-11-13(16)15-10-9-12-7-5-4-6-8-12/h7H,4-6,8-11H2,1-3H3,(H,15,16). The summed E-state index contributed by atoms with van der Waals surface area (Å²) in [4.78, 5) is 11.5. The van der Waals surface area contributed by atoms with Crippen LogP contribution in [0.3, 0.4) is 0 Å². The molecule has 0 unspecified atom stereocenters. The molecule has 1 amide bonds. The van der Waals surface area contributed by atoms with Gasteiger partial charge in [-0.2, -0.15) is 0 Å². The highest BCUT2D eigenvalue weighted by Gasteiger charge is 2.12. The fraction of sp³-hybridized carbons (Fsp3) is 0.786. The van der Waals surface area contributed by atoms with Crippen molar-refractivity contribution in [3.8, 4) is 0 Å². The second-order valence-corrected chi connectivity index (χ2v) is 5.61. The number of ether oxygens (including phenoxy) is 1. The fourth-order valence-electron chi connectivity index (χ4n) is 1.83. The van der Waals surface area contributed by atoms with E-state index in [-0.39, 0.29) is 18.1 Å². The zero-order valence-electron chi connectivity index (χ0n) is 11.3. The van der Waals surface area contributed by atoms with Crippen molar-refractivity contribution in [3.63, 3.8) is 0 Å². The number of allylic oxidation sites excluding steroid dienone is 1. The summed E-state index contributed by atoms with van der Waals surface area (Å²) in [5.41, 5.74) is 1.25. The van der Waals surface area contributed by atoms with Crippen LogP contribution in [-0.2, 0) is 9.53 Å². The molecule has 0 aromatic heterocycles. The molecular formula is C14H25NO2. The van der Waals surface area contributed by atoms with Crippen LogP contribution in [-0.4, -0.2) is 24.7 Å². The van der Waals surface area contributed by atoms with E-state index in [2.05, 4.69) is 11.4 Å². The molecular weight excluding hydrogens is 214 g/mol. The van der Waals surface area contributed by atoms with E-state index in [9.17, 15) is 4.79 Å². The predicted octanol–water partition coefficient (Wildman–Crippen LogP) is 2.81. The molecule has 0 saturated heterocycles. The molecule has 0 aliphatic heterocycles. The molecule has 0 radical (unpaired) electrons. The average Bonchev–Trinajstić information content (AvgIpc) is 2.27. The zero-order chi connectivity index (χ0) is 12.7. The minimum absolute atomic E-state index is 0.0173. The number of nitrogens with one attached hydrogen (secondary N) is 1. The number of carbonyl (C=O) groups is 1. The molecule has 3 heteroatoms. The van der Waals surface area contributed by atoms with Gasteiger partial charge >= 0.3 is 0 Å². The van der Waals surface area contributed by atoms with E-state index < -0.39 is 0 Å². The van der Waals surface area contributed by atoms with Crippen molar-refractivity contribution in [1.29, 1.82) is 0 Å². The molecule has 1 N–H and O–H groups in total. The van der Waals surface area contributed by atoms with Gasteiger partial charge in [-0.05, 0) is 52.9 Å². The predicted molar refractivity (Wildman–Crippen MR) is 69.9 cm³/mol. The third-order valence-corrected chi connectivity index (χ3v) is 2.79. The lowest BCUT2D eigenvalue weighted by Crippen LogP contribution is -2.32. The van der Waals surface area contributed by atoms with Gasteiger partial charge < -0.3 is 10.1 Å². The van der Waals surface area contributed by atoms with Gasteiger partial charge in [0.1, 0.15) is 6.61 Å². The van der Waals surface area contributed by atoms with Crippen molar-refractivity contribution in [1.82, 2.24) is 5.32 Å². The number of carbonyl (C=O) groups excluding carboxylic acids is 1. The summed E-state index contributed by atoms with van der Waals surface area (Å²) < 4.78 is 5.41. The van der Waals surface area contributed by atoms with Gasteiger partial charge in [0.2, 0.25) is 5.91 Å². The molecule has 0 spiro atoms. The first kappa shape index (κ1) is 14.2. The maximum absolute atomic E-state index is 11.5. The Morgan fingerprint density at radius 3 is 2.76 bits per heavy atom. The molecule has 98 valence electrons. The quantitative estimate of drug-likeness (QED) is 0.749. The highest BCUT2D eigenvalue weighted by Crippen LogP contribution is 2.19. The van der Waals surface area contributed by atoms with Gasteiger partial charge in [-0.25, -0.2) is 0 Å². The van der Waals surface area contributed by atoms with Crippen LogP contribution in [0.4, 0.5) is 0 Å². The molecule has 0 bridgehead atoms. The topological polar surface area (TPSA) is 38.3 Å². The Bertz CT molecular complexity index is 276. The molecule has 0 saturated carbocycles. The van der Waals surface area contributed by atoms with Crippen LogP contribution >= 0.6 is 0 Å². The summed E-state index contributed by atoms with van der Waals surface area (Å²) in [6.45, 7) is 6.74. The Labute approximate surface area is 105 Å². The normalized spacial score (nSPS) is 16.5. The average molecular weight is 239 g/mol. The Morgan fingerprint density at radius 2 is 2.18 bits per heavy atom. The van der Waals surface area contributed by atoms with Crippen LogP contribution in [0.15, 0.2) is 11.6 Å². The largest absolute Gasteiger partial charge is 0.366 e. The Morgan fingerprint density at radius 1 is 1.41 bits per heavy atom. The maximum atomic E-state index is 11.5. The van der Waals surface area contributed by atoms with Crippen molar-refractivity contribution in [3.05, 3.63) is 11.6 Å². The third-order valence-electron chi connectivity index (χ3n) is 2.79. The second-order valence-electron chi connectivity index (χ2n) is 5.61. The van der Waals surface area contributed by atoms with Gasteiger partial charge in [-0.1, -0.05) is 11.6 Å². The fourth-order valence-corrected chi connectivity index (χ4v) is 1.83. The van der Waals surface area contributed by atoms with E-state index in [1.807, 2.05) is 20.8 Å². The van der Waals surface area contributed by atoms with Gasteiger partial charge in [-0.3, -0.25) is 4.79 Å². The van der Waals surface area contributed by atoms with Gasteiger partial charge in [0.05, 0.1) is 5.60 Å². The molecule has 0 heterocycles. The van der Waals surface area contributed by atoms with Crippen LogP contribution in [0.2, 0.25) is 0 Å². The SMILES string of the molecule is CC(C)(C)OCC(=O)NCCC1=CCCCC1. The summed E-state index contributed by atoms with van der Waals surface area (Å²) in [5, 5.41) is 2.90. The maximum Gasteiger partial charge on any atom is 0.246 e. The molecule has 0 aromatic rings. The van der Waals surface area contributed by atoms with E-state index in [1.54, 1.807) is 0 Å². The highest BCUT2D eigenvalue weighted by atomic mass is 16.5. The van der Waals surface area contributed by atoms with Crippen LogP contribution in [0.5, 0.6) is 0 Å². The number of hydrogen-bond donors (Lipinski definition) is 1. The lowest BCUT2D eigenvalue weighted by Gasteiger charge is -2.19. The van der Waals surface area contributed by atoms with E-state index in [0.717, 1.165) is 13.0 Å². The molecule has 3 nitrogen and oxygen atoms in total. The lowest BCUT2D eigenvalue weighted by molar-refractivity contribution is -0.130. The first-order chi connectivity index (χ1) is 7.97. The first-order valence-corrected chi connectivity index (χ1v) is 6.56. The van der Waals surface area contributed by atoms with Crippen LogP contribution in [0.25, 0.3) is 0 Å². The zero-order valence-corrected chi connectivity index (χ0v) is 11.3. The van der Waals surface area contributed by atoms with Gasteiger partial charge in [0.15, 0.2) is 0 Å². The van der Waals surface area contributed by atoms with Gasteiger partial charge in [0, 0.05) is 6.54 Å². The molecule has 1 aliphatic rings. The van der Waals surface area contributed by atoms with Crippen molar-refractivity contribution in [2.75, 3.05) is 13.2 Å². The van der Waals surface area contributed by atoms with Crippen molar-refractivity contribution < 1.29 is 9.53 Å². The summed E-state index contributed by atoms with van der Waals surface area (Å²) >= 11 is 0. The summed E-state index contributed by atoms with van der Waals surface area (Å²) in [5.74, 6) is -0.0173. The van der Waals surface area contributed by atoms with E-state index in [4.69, 9.17) is 4.74 Å². The number of hydrogen-bond acceptors (Lipinski definition) is 2. The smallest absolute Gasteiger partial charge is 0.246 e. The van der Waals surface area contributed by atoms with Crippen molar-refractivity contribution >= 4 is 5.91 Å². The van der Waals surface area contributed by atoms with Crippen molar-refractivity contribution in [2.24, 2.45) is 0 Å². The van der Waals surface area contributed by atoms with Crippen molar-refractivity contribution in [2.45, 2.75) is 58.5 Å². The third kappa shape index (κ3) is 7.16. The summed E-state index contributed by atoms with van der Waals surface area (Å²) in [7, 11) is 0. The number of rotatable bonds is 5. The van der Waals surface area contributed by atoms with Crippen LogP contribution in [0, 0.1) is 0 Å². The molecule has 17 heavy (non-hydrogen) atoms. The molecule has 0 atom stereocenters. The van der Waals surface area contributed by atoms with E-state index in [1.165, 1.54) is 31.3 Å². The monoisotopic (exact) mass is 239 g/mol. The Kier molecular flexibility index (Phi) is 5.69. The minimum atomic E-state index is -0.247. The first-order valence-electron chi connectivity index (χ1n) is 6.56. The lowest BCUT2D eigenvalue weighted by atomic mass is 9.97. The van der Waals surface area contributed by atoms with E-state index in [0.29, 0.717) is 0 Å². The summed E-state index contributed by atoms with van der Waals surface area (Å²) in [6.07, 6.45) is 8.33. The van der Waals surface area contributed by atoms with Gasteiger partial charge in [-0.15, -0.1) is 0 Å². The molecule has 0 aromatic carbocycles. The molecule has 1 aliphatic carbocycles. The summed E-state index contributed by atoms with van der Waals surface area (Å²) in [6, 6.07) is 0. The van der Waals surface area contributed by atoms with Crippen LogP contribution < -0.4 is 5.32 Å². The van der Waals surface area contributed by atoms with Gasteiger partial charge in [0.25, 0.3) is 0 Å². The van der Waals surface area contributed by atoms with Crippen LogP contribution in [0.1, 0.15) is 52.9 Å².